The Morgan fingerprint density at radius 3 is 2.68 bits per heavy atom. The van der Waals surface area contributed by atoms with Gasteiger partial charge in [-0.3, -0.25) is 4.31 Å². The lowest BCUT2D eigenvalue weighted by Gasteiger charge is -2.24. The first-order valence-electron chi connectivity index (χ1n) is 7.98. The summed E-state index contributed by atoms with van der Waals surface area (Å²) in [4.78, 5) is 11.4. The number of sulfonamides is 1. The number of carboxylic acids is 1. The molecule has 1 heterocycles. The molecule has 7 heteroatoms. The average molecular weight is 361 g/mol. The maximum absolute atomic E-state index is 13.1. The number of hydrogen-bond donors (Lipinski definition) is 1. The van der Waals surface area contributed by atoms with Gasteiger partial charge in [0.1, 0.15) is 11.3 Å². The van der Waals surface area contributed by atoms with Gasteiger partial charge in [-0.15, -0.1) is 0 Å². The van der Waals surface area contributed by atoms with E-state index in [9.17, 15) is 18.3 Å². The third-order valence-electron chi connectivity index (χ3n) is 4.18. The van der Waals surface area contributed by atoms with Gasteiger partial charge in [0.15, 0.2) is 0 Å². The second-order valence-electron chi connectivity index (χ2n) is 5.88. The zero-order chi connectivity index (χ0) is 18.2. The van der Waals surface area contributed by atoms with Gasteiger partial charge in [-0.25, -0.2) is 13.2 Å². The van der Waals surface area contributed by atoms with E-state index in [1.165, 1.54) is 16.4 Å². The molecule has 0 bridgehead atoms. The van der Waals surface area contributed by atoms with Crippen molar-refractivity contribution in [1.82, 2.24) is 0 Å². The smallest absolute Gasteiger partial charge is 0.339 e. The van der Waals surface area contributed by atoms with Gasteiger partial charge < -0.3 is 9.84 Å². The Morgan fingerprint density at radius 2 is 2.00 bits per heavy atom. The minimum Gasteiger partial charge on any atom is -0.493 e. The first-order chi connectivity index (χ1) is 11.9. The number of benzene rings is 2. The van der Waals surface area contributed by atoms with Crippen molar-refractivity contribution in [3.05, 3.63) is 53.6 Å². The molecule has 6 nitrogen and oxygen atoms in total. The number of fused-ring (bicyclic) bond motifs is 1. The Labute approximate surface area is 146 Å². The van der Waals surface area contributed by atoms with Crippen molar-refractivity contribution in [3.8, 4) is 5.75 Å². The molecule has 25 heavy (non-hydrogen) atoms. The standard InChI is InChI=1S/C18H19NO5S/c1-3-24-17-9-8-14(11-15(17)18(20)21)25(22,23)19-12(2)10-13-6-4-5-7-16(13)19/h4-9,11-12H,3,10H2,1-2H3,(H,20,21)/t12-/m0/s1. The molecule has 0 aliphatic carbocycles. The van der Waals surface area contributed by atoms with Crippen molar-refractivity contribution < 1.29 is 23.1 Å². The summed E-state index contributed by atoms with van der Waals surface area (Å²) >= 11 is 0. The van der Waals surface area contributed by atoms with Crippen LogP contribution in [0.25, 0.3) is 0 Å². The van der Waals surface area contributed by atoms with E-state index in [0.717, 1.165) is 11.6 Å². The summed E-state index contributed by atoms with van der Waals surface area (Å²) in [6, 6.07) is 11.1. The number of carboxylic acid groups (broad SMARTS) is 1. The maximum atomic E-state index is 13.1. The van der Waals surface area contributed by atoms with Crippen LogP contribution in [0, 0.1) is 0 Å². The lowest BCUT2D eigenvalue weighted by molar-refractivity contribution is 0.0692. The van der Waals surface area contributed by atoms with Gasteiger partial charge in [0, 0.05) is 6.04 Å². The summed E-state index contributed by atoms with van der Waals surface area (Å²) in [5.41, 5.74) is 1.44. The van der Waals surface area contributed by atoms with E-state index in [1.54, 1.807) is 19.1 Å². The third-order valence-corrected chi connectivity index (χ3v) is 6.11. The molecule has 3 rings (SSSR count). The molecule has 1 aliphatic rings. The highest BCUT2D eigenvalue weighted by molar-refractivity contribution is 7.92. The zero-order valence-corrected chi connectivity index (χ0v) is 14.8. The van der Waals surface area contributed by atoms with Gasteiger partial charge in [-0.1, -0.05) is 18.2 Å². The van der Waals surface area contributed by atoms with Crippen molar-refractivity contribution in [2.75, 3.05) is 10.9 Å². The molecule has 1 aliphatic heterocycles. The number of carbonyl (C=O) groups is 1. The second-order valence-corrected chi connectivity index (χ2v) is 7.69. The average Bonchev–Trinajstić information content (AvgIpc) is 2.91. The van der Waals surface area contributed by atoms with E-state index in [-0.39, 0.29) is 22.3 Å². The highest BCUT2D eigenvalue weighted by atomic mass is 32.2. The molecular weight excluding hydrogens is 342 g/mol. The van der Waals surface area contributed by atoms with Crippen LogP contribution in [0.2, 0.25) is 0 Å². The van der Waals surface area contributed by atoms with Crippen LogP contribution in [-0.2, 0) is 16.4 Å². The summed E-state index contributed by atoms with van der Waals surface area (Å²) < 4.78 is 32.9. The Bertz CT molecular complexity index is 923. The predicted molar refractivity (Wildman–Crippen MR) is 93.8 cm³/mol. The summed E-state index contributed by atoms with van der Waals surface area (Å²) in [6.07, 6.45) is 0.623. The molecule has 0 aromatic heterocycles. The summed E-state index contributed by atoms with van der Waals surface area (Å²) in [7, 11) is -3.87. The van der Waals surface area contributed by atoms with Crippen molar-refractivity contribution >= 4 is 21.7 Å². The fourth-order valence-electron chi connectivity index (χ4n) is 3.14. The Hall–Kier alpha value is -2.54. The molecule has 0 radical (unpaired) electrons. The topological polar surface area (TPSA) is 83.9 Å². The normalized spacial score (nSPS) is 16.6. The first kappa shape index (κ1) is 17.3. The van der Waals surface area contributed by atoms with E-state index in [2.05, 4.69) is 0 Å². The van der Waals surface area contributed by atoms with Crippen LogP contribution >= 0.6 is 0 Å². The lowest BCUT2D eigenvalue weighted by atomic mass is 10.1. The Kier molecular flexibility index (Phi) is 4.43. The van der Waals surface area contributed by atoms with Gasteiger partial charge in [0.25, 0.3) is 10.0 Å². The molecule has 1 atom stereocenters. The fourth-order valence-corrected chi connectivity index (χ4v) is 4.85. The number of rotatable bonds is 5. The molecule has 1 N–H and O–H groups in total. The largest absolute Gasteiger partial charge is 0.493 e. The predicted octanol–water partition coefficient (Wildman–Crippen LogP) is 2.92. The van der Waals surface area contributed by atoms with Crippen LogP contribution in [0.15, 0.2) is 47.4 Å². The van der Waals surface area contributed by atoms with E-state index in [0.29, 0.717) is 18.7 Å². The van der Waals surface area contributed by atoms with Crippen LogP contribution in [0.1, 0.15) is 29.8 Å². The summed E-state index contributed by atoms with van der Waals surface area (Å²) in [6.45, 7) is 3.87. The molecule has 0 saturated heterocycles. The summed E-state index contributed by atoms with van der Waals surface area (Å²) in [5.74, 6) is -1.07. The molecule has 132 valence electrons. The van der Waals surface area contributed by atoms with Crippen molar-refractivity contribution in [3.63, 3.8) is 0 Å². The third kappa shape index (κ3) is 2.95. The summed E-state index contributed by atoms with van der Waals surface area (Å²) in [5, 5.41) is 9.37. The maximum Gasteiger partial charge on any atom is 0.339 e. The van der Waals surface area contributed by atoms with Crippen molar-refractivity contribution in [2.24, 2.45) is 0 Å². The highest BCUT2D eigenvalue weighted by Gasteiger charge is 2.36. The Morgan fingerprint density at radius 1 is 1.28 bits per heavy atom. The van der Waals surface area contributed by atoms with Crippen LogP contribution in [-0.4, -0.2) is 32.1 Å². The molecule has 0 amide bonds. The van der Waals surface area contributed by atoms with Crippen LogP contribution in [0.3, 0.4) is 0 Å². The van der Waals surface area contributed by atoms with Crippen molar-refractivity contribution in [2.45, 2.75) is 31.2 Å². The molecule has 0 unspecified atom stereocenters. The van der Waals surface area contributed by atoms with Gasteiger partial charge in [0.2, 0.25) is 0 Å². The minimum absolute atomic E-state index is 0.0584. The van der Waals surface area contributed by atoms with Crippen LogP contribution in [0.5, 0.6) is 5.75 Å². The van der Waals surface area contributed by atoms with E-state index in [4.69, 9.17) is 4.74 Å². The van der Waals surface area contributed by atoms with Gasteiger partial charge in [0.05, 0.1) is 17.2 Å². The molecule has 0 fully saturated rings. The van der Waals surface area contributed by atoms with E-state index in [1.807, 2.05) is 19.1 Å². The highest BCUT2D eigenvalue weighted by Crippen LogP contribution is 2.37. The minimum atomic E-state index is -3.87. The molecule has 2 aromatic carbocycles. The SMILES string of the molecule is CCOc1ccc(S(=O)(=O)N2c3ccccc3C[C@@H]2C)cc1C(=O)O. The Balaban J connectivity index is 2.09. The number of hydrogen-bond acceptors (Lipinski definition) is 4. The zero-order valence-electron chi connectivity index (χ0n) is 14.0. The van der Waals surface area contributed by atoms with Gasteiger partial charge in [-0.2, -0.15) is 0 Å². The number of aromatic carboxylic acids is 1. The quantitative estimate of drug-likeness (QED) is 0.885. The van der Waals surface area contributed by atoms with Gasteiger partial charge >= 0.3 is 5.97 Å². The van der Waals surface area contributed by atoms with Crippen LogP contribution in [0.4, 0.5) is 5.69 Å². The molecule has 0 spiro atoms. The second kappa shape index (κ2) is 6.40. The van der Waals surface area contributed by atoms with Crippen molar-refractivity contribution in [1.29, 1.82) is 0 Å². The monoisotopic (exact) mass is 361 g/mol. The number of anilines is 1. The van der Waals surface area contributed by atoms with E-state index >= 15 is 0 Å². The van der Waals surface area contributed by atoms with E-state index < -0.39 is 16.0 Å². The lowest BCUT2D eigenvalue weighted by Crippen LogP contribution is -2.35. The fraction of sp³-hybridized carbons (Fsp3) is 0.278. The molecule has 2 aromatic rings. The van der Waals surface area contributed by atoms with Gasteiger partial charge in [-0.05, 0) is 50.1 Å². The number of nitrogens with zero attached hydrogens (tertiary/aromatic N) is 1. The van der Waals surface area contributed by atoms with Crippen LogP contribution < -0.4 is 9.04 Å². The number of para-hydroxylation sites is 1. The first-order valence-corrected chi connectivity index (χ1v) is 9.42. The molecular formula is C18H19NO5S. The number of ether oxygens (including phenoxy) is 1. The molecule has 0 saturated carbocycles.